The molecule has 1 atom stereocenters. The molecule has 15 heteroatoms. The lowest BCUT2D eigenvalue weighted by Crippen LogP contribution is -2.56. The average molecular weight is 523 g/mol. The molecule has 2 amide bonds. The van der Waals surface area contributed by atoms with E-state index in [2.05, 4.69) is 10.6 Å². The second-order valence-corrected chi connectivity index (χ2v) is 13.5. The molecular weight excluding hydrogens is 485 g/mol. The highest BCUT2D eigenvalue weighted by Gasteiger charge is 2.58. The summed E-state index contributed by atoms with van der Waals surface area (Å²) in [6.07, 6.45) is -0.766. The van der Waals surface area contributed by atoms with Crippen LogP contribution in [0.25, 0.3) is 0 Å². The van der Waals surface area contributed by atoms with Crippen molar-refractivity contribution in [3.63, 3.8) is 0 Å². The minimum Gasteiger partial charge on any atom is -0.377 e. The second kappa shape index (κ2) is 14.4. The highest BCUT2D eigenvalue weighted by Crippen LogP contribution is 2.35. The lowest BCUT2D eigenvalue weighted by Gasteiger charge is -2.29. The average Bonchev–Trinajstić information content (AvgIpc) is 2.79. The van der Waals surface area contributed by atoms with Gasteiger partial charge in [0.05, 0.1) is 6.42 Å². The molecular formula is C18H37F3N2O8Si2. The van der Waals surface area contributed by atoms with E-state index in [-0.39, 0.29) is 32.5 Å². The first-order valence-electron chi connectivity index (χ1n) is 10.3. The standard InChI is InChI=1S/C18H37F3N2O8Si2/c1-17(19,20)18(21,16(25)23-11-9-13-33(29-5,30-6)31-7)14-15(24)22-10-8-12-32(26-2,27-3)28-4/h8-14H2,1-7H3,(H,22,24)(H,23,25). The molecule has 0 aliphatic carbocycles. The highest BCUT2D eigenvalue weighted by molar-refractivity contribution is 6.60. The molecule has 10 nitrogen and oxygen atoms in total. The largest absolute Gasteiger partial charge is 0.500 e. The molecule has 0 fully saturated rings. The van der Waals surface area contributed by atoms with Gasteiger partial charge in [0.25, 0.3) is 17.5 Å². The van der Waals surface area contributed by atoms with Crippen LogP contribution in [0.1, 0.15) is 26.2 Å². The third kappa shape index (κ3) is 9.24. The van der Waals surface area contributed by atoms with Crippen molar-refractivity contribution in [3.8, 4) is 0 Å². The highest BCUT2D eigenvalue weighted by atomic mass is 28.4. The summed E-state index contributed by atoms with van der Waals surface area (Å²) in [6, 6.07) is 0.617. The minimum atomic E-state index is -4.09. The molecule has 0 saturated carbocycles. The van der Waals surface area contributed by atoms with E-state index in [1.54, 1.807) is 0 Å². The SMILES string of the molecule is CO[Si](CCCNC(=O)CC(F)(C(=O)NCCC[Si](OC)(OC)OC)C(C)(F)F)(OC)OC. The van der Waals surface area contributed by atoms with Crippen LogP contribution in [0.2, 0.25) is 12.1 Å². The lowest BCUT2D eigenvalue weighted by molar-refractivity contribution is -0.168. The van der Waals surface area contributed by atoms with Crippen molar-refractivity contribution < 1.29 is 49.3 Å². The Morgan fingerprint density at radius 3 is 1.42 bits per heavy atom. The molecule has 0 saturated heterocycles. The normalized spacial score (nSPS) is 14.6. The van der Waals surface area contributed by atoms with Gasteiger partial charge in [-0.05, 0) is 12.8 Å². The van der Waals surface area contributed by atoms with Crippen molar-refractivity contribution in [1.82, 2.24) is 10.6 Å². The van der Waals surface area contributed by atoms with Gasteiger partial charge in [-0.25, -0.2) is 13.2 Å². The van der Waals surface area contributed by atoms with Crippen LogP contribution < -0.4 is 10.6 Å². The number of rotatable bonds is 18. The van der Waals surface area contributed by atoms with Crippen molar-refractivity contribution in [2.45, 2.75) is 49.9 Å². The third-order valence-corrected chi connectivity index (χ3v) is 10.9. The molecule has 2 N–H and O–H groups in total. The van der Waals surface area contributed by atoms with Crippen molar-refractivity contribution in [2.24, 2.45) is 0 Å². The summed E-state index contributed by atoms with van der Waals surface area (Å²) in [4.78, 5) is 24.4. The van der Waals surface area contributed by atoms with Crippen LogP contribution in [0, 0.1) is 0 Å². The number of nitrogens with one attached hydrogen (secondary N) is 2. The number of amides is 2. The van der Waals surface area contributed by atoms with Crippen LogP contribution in [-0.2, 0) is 36.1 Å². The monoisotopic (exact) mass is 522 g/mol. The number of alkyl halides is 3. The van der Waals surface area contributed by atoms with E-state index in [1.807, 2.05) is 0 Å². The van der Waals surface area contributed by atoms with Crippen molar-refractivity contribution in [3.05, 3.63) is 0 Å². The number of carbonyl (C=O) groups is 2. The lowest BCUT2D eigenvalue weighted by atomic mass is 9.93. The van der Waals surface area contributed by atoms with Crippen LogP contribution >= 0.6 is 0 Å². The van der Waals surface area contributed by atoms with E-state index in [0.717, 1.165) is 0 Å². The molecule has 0 aromatic rings. The van der Waals surface area contributed by atoms with E-state index < -0.39 is 47.4 Å². The van der Waals surface area contributed by atoms with Gasteiger partial charge < -0.3 is 37.2 Å². The topological polar surface area (TPSA) is 114 Å². The van der Waals surface area contributed by atoms with E-state index >= 15 is 4.39 Å². The van der Waals surface area contributed by atoms with E-state index in [4.69, 9.17) is 26.6 Å². The van der Waals surface area contributed by atoms with Crippen LogP contribution in [-0.4, -0.2) is 96.8 Å². The first kappa shape index (κ1) is 31.9. The molecule has 33 heavy (non-hydrogen) atoms. The van der Waals surface area contributed by atoms with Gasteiger partial charge in [-0.15, -0.1) is 0 Å². The van der Waals surface area contributed by atoms with Gasteiger partial charge in [0.15, 0.2) is 0 Å². The fraction of sp³-hybridized carbons (Fsp3) is 0.889. The molecule has 0 aliphatic rings. The summed E-state index contributed by atoms with van der Waals surface area (Å²) < 4.78 is 74.5. The Hall–Kier alpha value is -1.08. The van der Waals surface area contributed by atoms with Gasteiger partial charge in [-0.2, -0.15) is 0 Å². The number of halogens is 3. The zero-order chi connectivity index (χ0) is 25.8. The van der Waals surface area contributed by atoms with Crippen LogP contribution in [0.5, 0.6) is 0 Å². The molecule has 0 rings (SSSR count). The molecule has 0 spiro atoms. The maximum Gasteiger partial charge on any atom is 0.500 e. The van der Waals surface area contributed by atoms with Gasteiger partial charge >= 0.3 is 17.6 Å². The predicted molar refractivity (Wildman–Crippen MR) is 118 cm³/mol. The quantitative estimate of drug-likeness (QED) is 0.206. The Kier molecular flexibility index (Phi) is 13.9. The van der Waals surface area contributed by atoms with Gasteiger partial charge in [0, 0.05) is 74.8 Å². The Balaban J connectivity index is 4.87. The van der Waals surface area contributed by atoms with Crippen molar-refractivity contribution in [1.29, 1.82) is 0 Å². The molecule has 0 aromatic carbocycles. The molecule has 0 aromatic heterocycles. The molecule has 196 valence electrons. The Morgan fingerprint density at radius 2 is 1.09 bits per heavy atom. The summed E-state index contributed by atoms with van der Waals surface area (Å²) in [5.41, 5.74) is -3.72. The Morgan fingerprint density at radius 1 is 0.727 bits per heavy atom. The molecule has 0 bridgehead atoms. The number of carbonyl (C=O) groups excluding carboxylic acids is 2. The van der Waals surface area contributed by atoms with Gasteiger partial charge in [-0.1, -0.05) is 0 Å². The maximum atomic E-state index is 15.1. The Labute approximate surface area is 195 Å². The van der Waals surface area contributed by atoms with Gasteiger partial charge in [0.1, 0.15) is 0 Å². The van der Waals surface area contributed by atoms with Gasteiger partial charge in [-0.3, -0.25) is 9.59 Å². The molecule has 0 heterocycles. The van der Waals surface area contributed by atoms with Crippen LogP contribution in [0.3, 0.4) is 0 Å². The molecule has 0 radical (unpaired) electrons. The van der Waals surface area contributed by atoms with Crippen LogP contribution in [0.4, 0.5) is 13.2 Å². The summed E-state index contributed by atoms with van der Waals surface area (Å²) in [6.45, 7) is 0.160. The van der Waals surface area contributed by atoms with E-state index in [0.29, 0.717) is 12.5 Å². The summed E-state index contributed by atoms with van der Waals surface area (Å²) >= 11 is 0. The van der Waals surface area contributed by atoms with Crippen molar-refractivity contribution >= 4 is 29.4 Å². The van der Waals surface area contributed by atoms with Crippen LogP contribution in [0.15, 0.2) is 0 Å². The first-order valence-corrected chi connectivity index (χ1v) is 14.1. The smallest absolute Gasteiger partial charge is 0.377 e. The molecule has 1 unspecified atom stereocenters. The fourth-order valence-corrected chi connectivity index (χ4v) is 6.45. The van der Waals surface area contributed by atoms with Crippen molar-refractivity contribution in [2.75, 3.05) is 55.7 Å². The summed E-state index contributed by atoms with van der Waals surface area (Å²) in [5.74, 6) is -6.70. The predicted octanol–water partition coefficient (Wildman–Crippen LogP) is 1.51. The Bertz CT molecular complexity index is 591. The third-order valence-electron chi connectivity index (χ3n) is 5.25. The van der Waals surface area contributed by atoms with E-state index in [1.165, 1.54) is 42.7 Å². The second-order valence-electron chi connectivity index (χ2n) is 7.27. The molecule has 0 aliphatic heterocycles. The zero-order valence-electron chi connectivity index (χ0n) is 20.3. The summed E-state index contributed by atoms with van der Waals surface area (Å²) in [5, 5.41) is 4.47. The minimum absolute atomic E-state index is 0.0361. The van der Waals surface area contributed by atoms with Gasteiger partial charge in [0.2, 0.25) is 5.91 Å². The maximum absolute atomic E-state index is 15.1. The number of hydrogen-bond acceptors (Lipinski definition) is 8. The first-order chi connectivity index (χ1) is 15.3. The summed E-state index contributed by atoms with van der Waals surface area (Å²) in [7, 11) is 2.73. The van der Waals surface area contributed by atoms with E-state index in [9.17, 15) is 18.4 Å². The fourth-order valence-electron chi connectivity index (χ4n) is 3.01. The zero-order valence-corrected chi connectivity index (χ0v) is 22.3. The number of hydrogen-bond donors (Lipinski definition) is 2.